The van der Waals surface area contributed by atoms with Gasteiger partial charge < -0.3 is 10.1 Å². The molecule has 0 saturated carbocycles. The van der Waals surface area contributed by atoms with Crippen molar-refractivity contribution in [2.24, 2.45) is 0 Å². The highest BCUT2D eigenvalue weighted by molar-refractivity contribution is 5.51. The van der Waals surface area contributed by atoms with E-state index in [0.717, 1.165) is 47.6 Å². The number of nitrogens with one attached hydrogen (secondary N) is 1. The van der Waals surface area contributed by atoms with Crippen LogP contribution in [0.25, 0.3) is 0 Å². The van der Waals surface area contributed by atoms with E-state index in [1.54, 1.807) is 12.1 Å². The summed E-state index contributed by atoms with van der Waals surface area (Å²) in [5.41, 5.74) is 4.06. The number of fused-ring (bicyclic) bond motifs is 1. The number of rotatable bonds is 2. The molecule has 1 aliphatic heterocycles. The van der Waals surface area contributed by atoms with E-state index >= 15 is 0 Å². The minimum absolute atomic E-state index is 0.156. The summed E-state index contributed by atoms with van der Waals surface area (Å²) < 4.78 is 19.4. The molecule has 0 spiro atoms. The second-order valence-electron chi connectivity index (χ2n) is 5.70. The first-order valence-corrected chi connectivity index (χ1v) is 7.39. The molecule has 1 N–H and O–H groups in total. The Morgan fingerprint density at radius 1 is 1.19 bits per heavy atom. The number of anilines is 1. The summed E-state index contributed by atoms with van der Waals surface area (Å²) in [6.07, 6.45) is 1.96. The van der Waals surface area contributed by atoms with E-state index in [1.807, 2.05) is 19.1 Å². The van der Waals surface area contributed by atoms with Crippen LogP contribution in [0.15, 0.2) is 36.4 Å². The Hall–Kier alpha value is -2.03. The normalized spacial score (nSPS) is 17.6. The Bertz CT molecular complexity index is 633. The molecule has 1 heterocycles. The zero-order chi connectivity index (χ0) is 14.8. The first-order chi connectivity index (χ1) is 10.1. The maximum absolute atomic E-state index is 13.6. The lowest BCUT2D eigenvalue weighted by atomic mass is 9.99. The monoisotopic (exact) mass is 285 g/mol. The second kappa shape index (κ2) is 5.76. The van der Waals surface area contributed by atoms with Crippen LogP contribution in [0, 0.1) is 19.7 Å². The van der Waals surface area contributed by atoms with Crippen LogP contribution >= 0.6 is 0 Å². The Balaban J connectivity index is 1.94. The largest absolute Gasteiger partial charge is 0.493 e. The van der Waals surface area contributed by atoms with Gasteiger partial charge in [0.25, 0.3) is 0 Å². The fourth-order valence-electron chi connectivity index (χ4n) is 2.93. The van der Waals surface area contributed by atoms with Crippen LogP contribution in [-0.4, -0.2) is 6.61 Å². The topological polar surface area (TPSA) is 21.3 Å². The molecule has 0 aliphatic carbocycles. The second-order valence-corrected chi connectivity index (χ2v) is 5.70. The number of aryl methyl sites for hydroxylation is 2. The SMILES string of the molecule is Cc1cc(F)cc(NC2CCCOc3c(C)cccc32)c1. The fraction of sp³-hybridized carbons (Fsp3) is 0.333. The van der Waals surface area contributed by atoms with Crippen molar-refractivity contribution in [3.05, 3.63) is 58.9 Å². The molecule has 0 radical (unpaired) electrons. The molecule has 2 aromatic carbocycles. The average molecular weight is 285 g/mol. The molecule has 110 valence electrons. The lowest BCUT2D eigenvalue weighted by Crippen LogP contribution is -2.10. The van der Waals surface area contributed by atoms with Crippen molar-refractivity contribution >= 4 is 5.69 Å². The van der Waals surface area contributed by atoms with Crippen LogP contribution in [-0.2, 0) is 0 Å². The van der Waals surface area contributed by atoms with Crippen molar-refractivity contribution in [1.82, 2.24) is 0 Å². The summed E-state index contributed by atoms with van der Waals surface area (Å²) in [6.45, 7) is 4.70. The molecule has 0 saturated heterocycles. The van der Waals surface area contributed by atoms with Gasteiger partial charge in [-0.15, -0.1) is 0 Å². The molecule has 0 fully saturated rings. The van der Waals surface area contributed by atoms with Gasteiger partial charge in [0.05, 0.1) is 12.6 Å². The molecule has 2 nitrogen and oxygen atoms in total. The van der Waals surface area contributed by atoms with Crippen molar-refractivity contribution in [1.29, 1.82) is 0 Å². The third-order valence-corrected chi connectivity index (χ3v) is 3.88. The molecule has 0 amide bonds. The molecule has 1 aliphatic rings. The van der Waals surface area contributed by atoms with E-state index in [1.165, 1.54) is 0 Å². The molecule has 0 bridgehead atoms. The Kier molecular flexibility index (Phi) is 3.82. The molecular weight excluding hydrogens is 265 g/mol. The van der Waals surface area contributed by atoms with E-state index in [2.05, 4.69) is 24.4 Å². The summed E-state index contributed by atoms with van der Waals surface area (Å²) in [5.74, 6) is 0.771. The fourth-order valence-corrected chi connectivity index (χ4v) is 2.93. The minimum Gasteiger partial charge on any atom is -0.493 e. The Morgan fingerprint density at radius 3 is 2.86 bits per heavy atom. The summed E-state index contributed by atoms with van der Waals surface area (Å²) in [5, 5.41) is 3.47. The molecule has 3 heteroatoms. The first-order valence-electron chi connectivity index (χ1n) is 7.39. The van der Waals surface area contributed by atoms with Gasteiger partial charge in [0.2, 0.25) is 0 Å². The van der Waals surface area contributed by atoms with Gasteiger partial charge in [-0.3, -0.25) is 0 Å². The third kappa shape index (κ3) is 3.02. The Labute approximate surface area is 125 Å². The van der Waals surface area contributed by atoms with Crippen LogP contribution in [0.2, 0.25) is 0 Å². The summed E-state index contributed by atoms with van der Waals surface area (Å²) in [6, 6.07) is 11.4. The van der Waals surface area contributed by atoms with Gasteiger partial charge in [-0.05, 0) is 56.0 Å². The van der Waals surface area contributed by atoms with Gasteiger partial charge in [0, 0.05) is 11.3 Å². The van der Waals surface area contributed by atoms with Crippen molar-refractivity contribution in [3.8, 4) is 5.75 Å². The van der Waals surface area contributed by atoms with E-state index in [9.17, 15) is 4.39 Å². The van der Waals surface area contributed by atoms with Gasteiger partial charge in [0.15, 0.2) is 0 Å². The first kappa shape index (κ1) is 13.9. The standard InChI is InChI=1S/C18H20FNO/c1-12-9-14(19)11-15(10-12)20-17-7-4-8-21-18-13(2)5-3-6-16(17)18/h3,5-6,9-11,17,20H,4,7-8H2,1-2H3. The number of halogens is 1. The van der Waals surface area contributed by atoms with Crippen molar-refractivity contribution in [3.63, 3.8) is 0 Å². The molecule has 21 heavy (non-hydrogen) atoms. The van der Waals surface area contributed by atoms with Crippen molar-refractivity contribution in [2.75, 3.05) is 11.9 Å². The molecule has 2 aromatic rings. The third-order valence-electron chi connectivity index (χ3n) is 3.88. The summed E-state index contributed by atoms with van der Waals surface area (Å²) in [7, 11) is 0. The van der Waals surface area contributed by atoms with E-state index in [4.69, 9.17) is 4.74 Å². The highest BCUT2D eigenvalue weighted by atomic mass is 19.1. The van der Waals surface area contributed by atoms with Crippen LogP contribution < -0.4 is 10.1 Å². The van der Waals surface area contributed by atoms with E-state index in [-0.39, 0.29) is 11.9 Å². The van der Waals surface area contributed by atoms with Gasteiger partial charge in [-0.1, -0.05) is 18.2 Å². The number of para-hydroxylation sites is 1. The van der Waals surface area contributed by atoms with Crippen molar-refractivity contribution < 1.29 is 9.13 Å². The predicted octanol–water partition coefficient (Wildman–Crippen LogP) is 4.77. The van der Waals surface area contributed by atoms with Gasteiger partial charge in [0.1, 0.15) is 11.6 Å². The van der Waals surface area contributed by atoms with Crippen LogP contribution in [0.5, 0.6) is 5.75 Å². The van der Waals surface area contributed by atoms with E-state index in [0.29, 0.717) is 0 Å². The lowest BCUT2D eigenvalue weighted by Gasteiger charge is -2.21. The Morgan fingerprint density at radius 2 is 2.05 bits per heavy atom. The molecular formula is C18H20FNO. The summed E-state index contributed by atoms with van der Waals surface area (Å²) in [4.78, 5) is 0. The highest BCUT2D eigenvalue weighted by Crippen LogP contribution is 2.36. The minimum atomic E-state index is -0.202. The molecule has 3 rings (SSSR count). The number of benzene rings is 2. The van der Waals surface area contributed by atoms with Crippen LogP contribution in [0.1, 0.15) is 35.6 Å². The molecule has 1 atom stereocenters. The van der Waals surface area contributed by atoms with Crippen molar-refractivity contribution in [2.45, 2.75) is 32.7 Å². The smallest absolute Gasteiger partial charge is 0.127 e. The quantitative estimate of drug-likeness (QED) is 0.858. The average Bonchev–Trinajstić information content (AvgIpc) is 2.62. The zero-order valence-electron chi connectivity index (χ0n) is 12.4. The number of hydrogen-bond acceptors (Lipinski definition) is 2. The number of ether oxygens (including phenoxy) is 1. The molecule has 1 unspecified atom stereocenters. The molecule has 0 aromatic heterocycles. The summed E-state index contributed by atoms with van der Waals surface area (Å²) >= 11 is 0. The highest BCUT2D eigenvalue weighted by Gasteiger charge is 2.21. The van der Waals surface area contributed by atoms with Gasteiger partial charge in [-0.25, -0.2) is 4.39 Å². The number of hydrogen-bond donors (Lipinski definition) is 1. The van der Waals surface area contributed by atoms with Gasteiger partial charge >= 0.3 is 0 Å². The maximum Gasteiger partial charge on any atom is 0.127 e. The zero-order valence-corrected chi connectivity index (χ0v) is 12.4. The van der Waals surface area contributed by atoms with Crippen LogP contribution in [0.4, 0.5) is 10.1 Å². The van der Waals surface area contributed by atoms with E-state index < -0.39 is 0 Å². The van der Waals surface area contributed by atoms with Crippen LogP contribution in [0.3, 0.4) is 0 Å². The van der Waals surface area contributed by atoms with Gasteiger partial charge in [-0.2, -0.15) is 0 Å². The predicted molar refractivity (Wildman–Crippen MR) is 83.4 cm³/mol. The lowest BCUT2D eigenvalue weighted by molar-refractivity contribution is 0.314. The maximum atomic E-state index is 13.6.